The first-order chi connectivity index (χ1) is 12.6. The van der Waals surface area contributed by atoms with Crippen molar-refractivity contribution in [2.75, 3.05) is 7.11 Å². The van der Waals surface area contributed by atoms with E-state index in [1.807, 2.05) is 30.3 Å². The summed E-state index contributed by atoms with van der Waals surface area (Å²) in [5.41, 5.74) is 2.76. The molecule has 26 heavy (non-hydrogen) atoms. The molecule has 136 valence electrons. The number of benzene rings is 2. The number of ether oxygens (including phenoxy) is 2. The van der Waals surface area contributed by atoms with Crippen molar-refractivity contribution in [2.24, 2.45) is 11.0 Å². The summed E-state index contributed by atoms with van der Waals surface area (Å²) in [5.74, 6) is 2.31. The number of hydrazone groups is 1. The van der Waals surface area contributed by atoms with Crippen LogP contribution in [0.1, 0.15) is 43.9 Å². The second-order valence-corrected chi connectivity index (χ2v) is 7.24. The maximum atomic E-state index is 10.2. The normalized spacial score (nSPS) is 21.1. The zero-order valence-corrected chi connectivity index (χ0v) is 15.3. The number of methoxy groups -OCH3 is 1. The fraction of sp³-hybridized carbons (Fsp3) is 0.381. The van der Waals surface area contributed by atoms with E-state index in [9.17, 15) is 5.11 Å². The Kier molecular flexibility index (Phi) is 4.23. The number of para-hydroxylation sites is 2. The quantitative estimate of drug-likeness (QED) is 0.890. The highest BCUT2D eigenvalue weighted by Crippen LogP contribution is 2.48. The van der Waals surface area contributed by atoms with E-state index in [1.54, 1.807) is 13.2 Å². The lowest BCUT2D eigenvalue weighted by Gasteiger charge is -2.39. The lowest BCUT2D eigenvalue weighted by Crippen LogP contribution is -2.41. The summed E-state index contributed by atoms with van der Waals surface area (Å²) in [6, 6.07) is 13.4. The van der Waals surface area contributed by atoms with Crippen molar-refractivity contribution in [3.8, 4) is 17.2 Å². The number of aromatic hydroxyl groups is 1. The predicted octanol–water partition coefficient (Wildman–Crippen LogP) is 4.32. The van der Waals surface area contributed by atoms with Crippen molar-refractivity contribution in [2.45, 2.75) is 39.0 Å². The number of phenols is 1. The minimum atomic E-state index is -0.146. The number of nitrogens with zero attached hydrogens (tertiary/aromatic N) is 2. The molecule has 5 heteroatoms. The lowest BCUT2D eigenvalue weighted by molar-refractivity contribution is -0.0308. The second kappa shape index (κ2) is 6.56. The molecule has 0 aromatic heterocycles. The van der Waals surface area contributed by atoms with Gasteiger partial charge in [0, 0.05) is 24.0 Å². The first-order valence-electron chi connectivity index (χ1n) is 9.06. The number of hydrogen-bond donors (Lipinski definition) is 1. The van der Waals surface area contributed by atoms with E-state index in [-0.39, 0.29) is 18.0 Å². The molecule has 2 atom stereocenters. The van der Waals surface area contributed by atoms with Crippen LogP contribution in [0.15, 0.2) is 47.6 Å². The number of hydrogen-bond acceptors (Lipinski definition) is 5. The van der Waals surface area contributed by atoms with Crippen molar-refractivity contribution >= 4 is 5.71 Å². The number of phenolic OH excluding ortho intramolecular Hbond substituents is 1. The van der Waals surface area contributed by atoms with Crippen LogP contribution in [0.5, 0.6) is 17.2 Å². The first kappa shape index (κ1) is 16.8. The molecular formula is C21H24N2O3. The molecule has 0 unspecified atom stereocenters. The zero-order valence-electron chi connectivity index (χ0n) is 15.3. The fourth-order valence-electron chi connectivity index (χ4n) is 3.76. The van der Waals surface area contributed by atoms with Crippen LogP contribution in [0.3, 0.4) is 0 Å². The fourth-order valence-corrected chi connectivity index (χ4v) is 3.76. The van der Waals surface area contributed by atoms with Crippen molar-refractivity contribution in [3.05, 3.63) is 53.6 Å². The summed E-state index contributed by atoms with van der Waals surface area (Å²) in [7, 11) is 1.67. The average molecular weight is 352 g/mol. The van der Waals surface area contributed by atoms with Gasteiger partial charge in [0.1, 0.15) is 5.75 Å². The van der Waals surface area contributed by atoms with E-state index in [4.69, 9.17) is 14.6 Å². The van der Waals surface area contributed by atoms with Crippen LogP contribution < -0.4 is 9.47 Å². The van der Waals surface area contributed by atoms with E-state index in [0.717, 1.165) is 41.2 Å². The smallest absolute Gasteiger partial charge is 0.188 e. The Morgan fingerprint density at radius 1 is 1.23 bits per heavy atom. The Morgan fingerprint density at radius 3 is 2.77 bits per heavy atom. The Hall–Kier alpha value is -2.69. The lowest BCUT2D eigenvalue weighted by atomic mass is 9.95. The van der Waals surface area contributed by atoms with Crippen molar-refractivity contribution in [1.29, 1.82) is 0 Å². The monoisotopic (exact) mass is 352 g/mol. The van der Waals surface area contributed by atoms with Gasteiger partial charge < -0.3 is 14.6 Å². The van der Waals surface area contributed by atoms with Gasteiger partial charge in [0.15, 0.2) is 17.7 Å². The topological polar surface area (TPSA) is 54.3 Å². The molecule has 2 aromatic carbocycles. The maximum absolute atomic E-state index is 10.2. The van der Waals surface area contributed by atoms with Gasteiger partial charge in [-0.2, -0.15) is 5.10 Å². The number of fused-ring (bicyclic) bond motifs is 3. The molecule has 0 fully saturated rings. The maximum Gasteiger partial charge on any atom is 0.188 e. The van der Waals surface area contributed by atoms with Crippen molar-refractivity contribution < 1.29 is 14.6 Å². The minimum absolute atomic E-state index is 0.0900. The van der Waals surface area contributed by atoms with E-state index in [0.29, 0.717) is 5.92 Å². The summed E-state index contributed by atoms with van der Waals surface area (Å²) < 4.78 is 11.8. The predicted molar refractivity (Wildman–Crippen MR) is 101 cm³/mol. The van der Waals surface area contributed by atoms with Gasteiger partial charge in [0.2, 0.25) is 0 Å². The molecule has 2 heterocycles. The van der Waals surface area contributed by atoms with Gasteiger partial charge in [0.25, 0.3) is 0 Å². The highest BCUT2D eigenvalue weighted by atomic mass is 16.5. The molecule has 5 nitrogen and oxygen atoms in total. The summed E-state index contributed by atoms with van der Waals surface area (Å²) >= 11 is 0. The molecule has 0 saturated heterocycles. The highest BCUT2D eigenvalue weighted by Gasteiger charge is 2.41. The van der Waals surface area contributed by atoms with Crippen LogP contribution in [0.4, 0.5) is 0 Å². The third-order valence-electron chi connectivity index (χ3n) is 4.97. The number of rotatable bonds is 4. The SMILES string of the molecule is COc1cccc2c1O[C@@H](CC(C)C)N1N=C(c3ccccc3O)C[C@@H]21. The molecule has 0 aliphatic carbocycles. The van der Waals surface area contributed by atoms with Crippen LogP contribution >= 0.6 is 0 Å². The van der Waals surface area contributed by atoms with Gasteiger partial charge in [0.05, 0.1) is 18.9 Å². The van der Waals surface area contributed by atoms with Gasteiger partial charge in [-0.25, -0.2) is 0 Å². The highest BCUT2D eigenvalue weighted by molar-refractivity contribution is 6.04. The summed E-state index contributed by atoms with van der Waals surface area (Å²) in [4.78, 5) is 0. The Balaban J connectivity index is 1.77. The molecule has 0 amide bonds. The molecule has 0 spiro atoms. The third kappa shape index (κ3) is 2.77. The van der Waals surface area contributed by atoms with Crippen molar-refractivity contribution in [1.82, 2.24) is 5.01 Å². The van der Waals surface area contributed by atoms with Gasteiger partial charge in [-0.1, -0.05) is 38.1 Å². The largest absolute Gasteiger partial charge is 0.507 e. The third-order valence-corrected chi connectivity index (χ3v) is 4.97. The van der Waals surface area contributed by atoms with Crippen LogP contribution in [0.2, 0.25) is 0 Å². The van der Waals surface area contributed by atoms with Crippen molar-refractivity contribution in [3.63, 3.8) is 0 Å². The summed E-state index contributed by atoms with van der Waals surface area (Å²) in [6.45, 7) is 4.36. The average Bonchev–Trinajstić information content (AvgIpc) is 3.07. The van der Waals surface area contributed by atoms with Gasteiger partial charge in [-0.05, 0) is 24.1 Å². The van der Waals surface area contributed by atoms with E-state index < -0.39 is 0 Å². The van der Waals surface area contributed by atoms with Crippen LogP contribution in [0.25, 0.3) is 0 Å². The molecule has 2 aromatic rings. The molecule has 0 bridgehead atoms. The molecule has 1 N–H and O–H groups in total. The van der Waals surface area contributed by atoms with Crippen LogP contribution in [0, 0.1) is 5.92 Å². The van der Waals surface area contributed by atoms with Gasteiger partial charge in [-0.3, -0.25) is 5.01 Å². The van der Waals surface area contributed by atoms with Crippen LogP contribution in [-0.2, 0) is 0 Å². The molecule has 2 aliphatic heterocycles. The Labute approximate surface area is 153 Å². The van der Waals surface area contributed by atoms with E-state index in [1.165, 1.54) is 0 Å². The molecule has 0 saturated carbocycles. The second-order valence-electron chi connectivity index (χ2n) is 7.24. The molecule has 2 aliphatic rings. The first-order valence-corrected chi connectivity index (χ1v) is 9.06. The summed E-state index contributed by atoms with van der Waals surface area (Å²) in [5, 5.41) is 17.2. The van der Waals surface area contributed by atoms with E-state index >= 15 is 0 Å². The Bertz CT molecular complexity index is 847. The zero-order chi connectivity index (χ0) is 18.3. The van der Waals surface area contributed by atoms with Gasteiger partial charge in [-0.15, -0.1) is 0 Å². The Morgan fingerprint density at radius 2 is 2.04 bits per heavy atom. The molecule has 0 radical (unpaired) electrons. The standard InChI is InChI=1S/C21H24N2O3/c1-13(2)11-20-23-17(15-8-6-10-19(25-3)21(15)26-20)12-16(22-23)14-7-4-5-9-18(14)24/h4-10,13,17,20,24H,11-12H2,1-3H3/t17-,20-/m0/s1. The minimum Gasteiger partial charge on any atom is -0.507 e. The summed E-state index contributed by atoms with van der Waals surface area (Å²) in [6.07, 6.45) is 1.45. The van der Waals surface area contributed by atoms with Gasteiger partial charge >= 0.3 is 0 Å². The molecule has 4 rings (SSSR count). The van der Waals surface area contributed by atoms with E-state index in [2.05, 4.69) is 24.9 Å². The molecular weight excluding hydrogens is 328 g/mol. The van der Waals surface area contributed by atoms with Crippen LogP contribution in [-0.4, -0.2) is 29.2 Å².